The molecule has 0 saturated heterocycles. The van der Waals surface area contributed by atoms with Gasteiger partial charge in [0, 0.05) is 12.6 Å². The van der Waals surface area contributed by atoms with Crippen LogP contribution in [0.15, 0.2) is 0 Å². The van der Waals surface area contributed by atoms with E-state index in [0.29, 0.717) is 11.5 Å². The molecule has 0 radical (unpaired) electrons. The van der Waals surface area contributed by atoms with Gasteiger partial charge in [-0.05, 0) is 56.4 Å². The Bertz CT molecular complexity index is 191. The number of nitrogens with one attached hydrogen (secondary N) is 1. The monoisotopic (exact) mass is 210 g/mol. The second kappa shape index (κ2) is 4.84. The molecule has 3 N–H and O–H groups in total. The van der Waals surface area contributed by atoms with Crippen LogP contribution >= 0.6 is 0 Å². The predicted molar refractivity (Wildman–Crippen MR) is 64.8 cm³/mol. The molecule has 0 atom stereocenters. The lowest BCUT2D eigenvalue weighted by Gasteiger charge is -2.39. The van der Waals surface area contributed by atoms with Crippen molar-refractivity contribution in [2.45, 2.75) is 57.9 Å². The Balaban J connectivity index is 1.57. The fourth-order valence-corrected chi connectivity index (χ4v) is 2.93. The highest BCUT2D eigenvalue weighted by atomic mass is 14.9. The molecule has 0 aromatic carbocycles. The summed E-state index contributed by atoms with van der Waals surface area (Å²) < 4.78 is 0. The quantitative estimate of drug-likeness (QED) is 0.747. The van der Waals surface area contributed by atoms with Gasteiger partial charge in [-0.3, -0.25) is 0 Å². The van der Waals surface area contributed by atoms with Crippen molar-refractivity contribution in [2.24, 2.45) is 17.1 Å². The van der Waals surface area contributed by atoms with Crippen molar-refractivity contribution in [3.63, 3.8) is 0 Å². The summed E-state index contributed by atoms with van der Waals surface area (Å²) in [5.74, 6) is 0.897. The normalized spacial score (nSPS) is 34.8. The first kappa shape index (κ1) is 11.4. The molecule has 15 heavy (non-hydrogen) atoms. The Kier molecular flexibility index (Phi) is 3.68. The molecule has 0 aromatic rings. The summed E-state index contributed by atoms with van der Waals surface area (Å²) in [4.78, 5) is 0. The molecule has 0 unspecified atom stereocenters. The summed E-state index contributed by atoms with van der Waals surface area (Å²) in [6.07, 6.45) is 9.45. The smallest absolute Gasteiger partial charge is 0.00390 e. The number of rotatable bonds is 4. The first-order valence-corrected chi connectivity index (χ1v) is 6.64. The van der Waals surface area contributed by atoms with Crippen molar-refractivity contribution in [3.05, 3.63) is 0 Å². The molecule has 88 valence electrons. The second-order valence-electron chi connectivity index (χ2n) is 6.08. The van der Waals surface area contributed by atoms with E-state index in [-0.39, 0.29) is 0 Å². The largest absolute Gasteiger partial charge is 0.328 e. The van der Waals surface area contributed by atoms with Crippen LogP contribution in [-0.4, -0.2) is 19.1 Å². The van der Waals surface area contributed by atoms with Crippen molar-refractivity contribution < 1.29 is 0 Å². The van der Waals surface area contributed by atoms with Crippen LogP contribution in [0.5, 0.6) is 0 Å². The van der Waals surface area contributed by atoms with Crippen LogP contribution in [0.25, 0.3) is 0 Å². The molecule has 0 spiro atoms. The average Bonchev–Trinajstić information content (AvgIpc) is 2.19. The minimum atomic E-state index is 0.491. The molecule has 0 bridgehead atoms. The van der Waals surface area contributed by atoms with Crippen LogP contribution in [0.1, 0.15) is 51.9 Å². The topological polar surface area (TPSA) is 38.0 Å². The van der Waals surface area contributed by atoms with Gasteiger partial charge in [-0.25, -0.2) is 0 Å². The standard InChI is InChI=1S/C13H26N2/c1-13(7-2-8-13)10-15-9-11-3-5-12(14)6-4-11/h11-12,15H,2-10,14H2,1H3. The van der Waals surface area contributed by atoms with Gasteiger partial charge in [0.1, 0.15) is 0 Å². The average molecular weight is 210 g/mol. The molecule has 2 saturated carbocycles. The lowest BCUT2D eigenvalue weighted by molar-refractivity contribution is 0.152. The van der Waals surface area contributed by atoms with Gasteiger partial charge >= 0.3 is 0 Å². The molecule has 2 rings (SSSR count). The van der Waals surface area contributed by atoms with E-state index in [1.165, 1.54) is 58.0 Å². The van der Waals surface area contributed by atoms with Crippen LogP contribution < -0.4 is 11.1 Å². The van der Waals surface area contributed by atoms with E-state index in [4.69, 9.17) is 5.73 Å². The maximum absolute atomic E-state index is 5.91. The van der Waals surface area contributed by atoms with Crippen molar-refractivity contribution >= 4 is 0 Å². The summed E-state index contributed by atoms with van der Waals surface area (Å²) >= 11 is 0. The van der Waals surface area contributed by atoms with Crippen LogP contribution in [0.2, 0.25) is 0 Å². The highest BCUT2D eigenvalue weighted by Gasteiger charge is 2.31. The van der Waals surface area contributed by atoms with Crippen molar-refractivity contribution in [3.8, 4) is 0 Å². The molecule has 2 heteroatoms. The molecule has 0 aliphatic heterocycles. The highest BCUT2D eigenvalue weighted by Crippen LogP contribution is 2.39. The minimum Gasteiger partial charge on any atom is -0.328 e. The molecular weight excluding hydrogens is 184 g/mol. The van der Waals surface area contributed by atoms with Crippen molar-refractivity contribution in [2.75, 3.05) is 13.1 Å². The molecule has 2 nitrogen and oxygen atoms in total. The highest BCUT2D eigenvalue weighted by molar-refractivity contribution is 4.85. The Hall–Kier alpha value is -0.0800. The fraction of sp³-hybridized carbons (Fsp3) is 1.00. The van der Waals surface area contributed by atoms with Crippen molar-refractivity contribution in [1.82, 2.24) is 5.32 Å². The first-order chi connectivity index (χ1) is 7.18. The zero-order valence-corrected chi connectivity index (χ0v) is 10.1. The number of nitrogens with two attached hydrogens (primary N) is 1. The van der Waals surface area contributed by atoms with Gasteiger partial charge in [0.15, 0.2) is 0 Å². The summed E-state index contributed by atoms with van der Waals surface area (Å²) in [6, 6.07) is 0.491. The molecule has 2 aliphatic rings. The summed E-state index contributed by atoms with van der Waals surface area (Å²) in [6.45, 7) is 4.87. The Morgan fingerprint density at radius 3 is 2.40 bits per heavy atom. The molecule has 0 aromatic heterocycles. The van der Waals surface area contributed by atoms with Gasteiger partial charge in [-0.15, -0.1) is 0 Å². The molecule has 0 heterocycles. The van der Waals surface area contributed by atoms with Gasteiger partial charge in [-0.2, -0.15) is 0 Å². The third kappa shape index (κ3) is 3.18. The van der Waals surface area contributed by atoms with Crippen LogP contribution in [-0.2, 0) is 0 Å². The predicted octanol–water partition coefficient (Wildman–Crippen LogP) is 2.28. The lowest BCUT2D eigenvalue weighted by atomic mass is 9.70. The summed E-state index contributed by atoms with van der Waals surface area (Å²) in [5, 5.41) is 3.67. The van der Waals surface area contributed by atoms with Gasteiger partial charge in [0.25, 0.3) is 0 Å². The van der Waals surface area contributed by atoms with E-state index in [2.05, 4.69) is 12.2 Å². The van der Waals surface area contributed by atoms with Gasteiger partial charge in [0.05, 0.1) is 0 Å². The Morgan fingerprint density at radius 1 is 1.20 bits per heavy atom. The maximum atomic E-state index is 5.91. The molecule has 0 amide bonds. The van der Waals surface area contributed by atoms with Gasteiger partial charge in [0.2, 0.25) is 0 Å². The van der Waals surface area contributed by atoms with E-state index >= 15 is 0 Å². The van der Waals surface area contributed by atoms with Gasteiger partial charge < -0.3 is 11.1 Å². The van der Waals surface area contributed by atoms with E-state index in [9.17, 15) is 0 Å². The SMILES string of the molecule is CC1(CNCC2CCC(N)CC2)CCC1. The third-order valence-corrected chi connectivity index (χ3v) is 4.44. The van der Waals surface area contributed by atoms with E-state index < -0.39 is 0 Å². The van der Waals surface area contributed by atoms with Crippen molar-refractivity contribution in [1.29, 1.82) is 0 Å². The Morgan fingerprint density at radius 2 is 1.87 bits per heavy atom. The van der Waals surface area contributed by atoms with Crippen LogP contribution in [0, 0.1) is 11.3 Å². The summed E-state index contributed by atoms with van der Waals surface area (Å²) in [5.41, 5.74) is 6.54. The van der Waals surface area contributed by atoms with E-state index in [0.717, 1.165) is 5.92 Å². The zero-order chi connectivity index (χ0) is 10.7. The molecular formula is C13H26N2. The zero-order valence-electron chi connectivity index (χ0n) is 10.1. The Labute approximate surface area is 94.0 Å². The fourth-order valence-electron chi connectivity index (χ4n) is 2.93. The minimum absolute atomic E-state index is 0.491. The van der Waals surface area contributed by atoms with E-state index in [1.54, 1.807) is 0 Å². The lowest BCUT2D eigenvalue weighted by Crippen LogP contribution is -2.40. The second-order valence-corrected chi connectivity index (χ2v) is 6.08. The number of hydrogen-bond acceptors (Lipinski definition) is 2. The molecule has 2 aliphatic carbocycles. The van der Waals surface area contributed by atoms with Crippen LogP contribution in [0.4, 0.5) is 0 Å². The summed E-state index contributed by atoms with van der Waals surface area (Å²) in [7, 11) is 0. The van der Waals surface area contributed by atoms with E-state index in [1.807, 2.05) is 0 Å². The first-order valence-electron chi connectivity index (χ1n) is 6.64. The number of hydrogen-bond donors (Lipinski definition) is 2. The van der Waals surface area contributed by atoms with Gasteiger partial charge in [-0.1, -0.05) is 13.3 Å². The maximum Gasteiger partial charge on any atom is 0.00390 e. The third-order valence-electron chi connectivity index (χ3n) is 4.44. The van der Waals surface area contributed by atoms with Crippen LogP contribution in [0.3, 0.4) is 0 Å². The molecule has 2 fully saturated rings.